The van der Waals surface area contributed by atoms with Crippen molar-refractivity contribution in [2.24, 2.45) is 17.8 Å². The van der Waals surface area contributed by atoms with E-state index in [1.165, 1.54) is 101 Å². The molecule has 2 aromatic carbocycles. The van der Waals surface area contributed by atoms with Crippen LogP contribution < -0.4 is 11.5 Å². The topological polar surface area (TPSA) is 52.0 Å². The Hall–Kier alpha value is -1.96. The quantitative estimate of drug-likeness (QED) is 0.299. The number of nitrogens with two attached hydrogens (primary N) is 2. The standard InChI is InChI=1S/C31H46N2/c1-2-3-4-5-6-7-24-8-10-25(11-9-24)26-20-22-31(23-21-26,27-12-16-29(32)17-13-27)28-14-18-30(33)19-15-28/h12-19,24-26H,2-11,20-23,32-33H2,1H3/t24-,25-. The van der Waals surface area contributed by atoms with Gasteiger partial charge in [-0.05, 0) is 91.7 Å². The Bertz CT molecular complexity index is 775. The first-order valence-electron chi connectivity index (χ1n) is 13.8. The minimum Gasteiger partial charge on any atom is -0.399 e. The number of rotatable bonds is 9. The van der Waals surface area contributed by atoms with Gasteiger partial charge in [0, 0.05) is 16.8 Å². The fourth-order valence-corrected chi connectivity index (χ4v) is 6.94. The molecule has 0 bridgehead atoms. The van der Waals surface area contributed by atoms with E-state index in [2.05, 4.69) is 55.5 Å². The number of hydrogen-bond donors (Lipinski definition) is 2. The summed E-state index contributed by atoms with van der Waals surface area (Å²) in [6.45, 7) is 2.31. The molecule has 0 atom stereocenters. The molecule has 0 spiro atoms. The van der Waals surface area contributed by atoms with Gasteiger partial charge in [0.15, 0.2) is 0 Å². The highest BCUT2D eigenvalue weighted by molar-refractivity contribution is 5.49. The van der Waals surface area contributed by atoms with Gasteiger partial charge >= 0.3 is 0 Å². The van der Waals surface area contributed by atoms with E-state index in [1.807, 2.05) is 0 Å². The van der Waals surface area contributed by atoms with E-state index in [0.717, 1.165) is 29.1 Å². The lowest BCUT2D eigenvalue weighted by atomic mass is 9.60. The average molecular weight is 447 g/mol. The van der Waals surface area contributed by atoms with Crippen LogP contribution in [0.5, 0.6) is 0 Å². The summed E-state index contributed by atoms with van der Waals surface area (Å²) in [4.78, 5) is 0. The zero-order chi connectivity index (χ0) is 23.1. The highest BCUT2D eigenvalue weighted by Gasteiger charge is 2.40. The van der Waals surface area contributed by atoms with Crippen molar-refractivity contribution in [2.75, 3.05) is 11.5 Å². The van der Waals surface area contributed by atoms with Gasteiger partial charge in [0.2, 0.25) is 0 Å². The fraction of sp³-hybridized carbons (Fsp3) is 0.613. The number of benzene rings is 2. The molecule has 4 N–H and O–H groups in total. The maximum Gasteiger partial charge on any atom is 0.0314 e. The second kappa shape index (κ2) is 11.4. The third-order valence-corrected chi connectivity index (χ3v) is 9.08. The summed E-state index contributed by atoms with van der Waals surface area (Å²) in [5, 5.41) is 0. The molecule has 0 aromatic heterocycles. The smallest absolute Gasteiger partial charge is 0.0314 e. The van der Waals surface area contributed by atoms with Crippen molar-refractivity contribution >= 4 is 11.4 Å². The van der Waals surface area contributed by atoms with Crippen molar-refractivity contribution in [3.63, 3.8) is 0 Å². The van der Waals surface area contributed by atoms with Gasteiger partial charge in [-0.1, -0.05) is 82.6 Å². The van der Waals surface area contributed by atoms with Gasteiger partial charge in [0.05, 0.1) is 0 Å². The highest BCUT2D eigenvalue weighted by Crippen LogP contribution is 2.50. The highest BCUT2D eigenvalue weighted by atomic mass is 14.6. The summed E-state index contributed by atoms with van der Waals surface area (Å²) < 4.78 is 0. The average Bonchev–Trinajstić information content (AvgIpc) is 2.85. The van der Waals surface area contributed by atoms with E-state index in [1.54, 1.807) is 0 Å². The molecule has 2 aromatic rings. The molecular weight excluding hydrogens is 400 g/mol. The van der Waals surface area contributed by atoms with Gasteiger partial charge in [0.1, 0.15) is 0 Å². The molecule has 0 amide bonds. The molecule has 33 heavy (non-hydrogen) atoms. The SMILES string of the molecule is CCCCCCC[C@H]1CC[C@H](C2CCC(c3ccc(N)cc3)(c3ccc(N)cc3)CC2)CC1. The third-order valence-electron chi connectivity index (χ3n) is 9.08. The van der Waals surface area contributed by atoms with Crippen LogP contribution in [0.1, 0.15) is 108 Å². The van der Waals surface area contributed by atoms with Crippen LogP contribution in [0.25, 0.3) is 0 Å². The zero-order valence-electron chi connectivity index (χ0n) is 20.9. The van der Waals surface area contributed by atoms with Crippen LogP contribution in [0.2, 0.25) is 0 Å². The van der Waals surface area contributed by atoms with Crippen molar-refractivity contribution in [3.05, 3.63) is 59.7 Å². The molecule has 2 heteroatoms. The molecule has 2 saturated carbocycles. The Morgan fingerprint density at radius 2 is 1.12 bits per heavy atom. The predicted molar refractivity (Wildman–Crippen MR) is 143 cm³/mol. The van der Waals surface area contributed by atoms with E-state index < -0.39 is 0 Å². The maximum atomic E-state index is 6.02. The monoisotopic (exact) mass is 446 g/mol. The van der Waals surface area contributed by atoms with Crippen LogP contribution in [0.4, 0.5) is 11.4 Å². The van der Waals surface area contributed by atoms with Crippen molar-refractivity contribution in [2.45, 2.75) is 102 Å². The minimum absolute atomic E-state index is 0.105. The second-order valence-electron chi connectivity index (χ2n) is 11.1. The molecule has 0 radical (unpaired) electrons. The zero-order valence-corrected chi connectivity index (χ0v) is 20.9. The molecule has 0 heterocycles. The van der Waals surface area contributed by atoms with Crippen LogP contribution in [0.15, 0.2) is 48.5 Å². The Kier molecular flexibility index (Phi) is 8.39. The molecule has 2 aliphatic rings. The Morgan fingerprint density at radius 1 is 0.636 bits per heavy atom. The molecule has 2 nitrogen and oxygen atoms in total. The van der Waals surface area contributed by atoms with Crippen LogP contribution >= 0.6 is 0 Å². The summed E-state index contributed by atoms with van der Waals surface area (Å²) in [6.07, 6.45) is 19.7. The van der Waals surface area contributed by atoms with Crippen molar-refractivity contribution < 1.29 is 0 Å². The van der Waals surface area contributed by atoms with Crippen LogP contribution in [-0.2, 0) is 5.41 Å². The maximum absolute atomic E-state index is 6.02. The van der Waals surface area contributed by atoms with Gasteiger partial charge < -0.3 is 11.5 Å². The van der Waals surface area contributed by atoms with Gasteiger partial charge in [-0.3, -0.25) is 0 Å². The van der Waals surface area contributed by atoms with Gasteiger partial charge in [0.25, 0.3) is 0 Å². The summed E-state index contributed by atoms with van der Waals surface area (Å²) in [6, 6.07) is 17.3. The molecule has 2 aliphatic carbocycles. The van der Waals surface area contributed by atoms with E-state index in [-0.39, 0.29) is 5.41 Å². The lowest BCUT2D eigenvalue weighted by Crippen LogP contribution is -2.36. The molecule has 0 aliphatic heterocycles. The number of hydrogen-bond acceptors (Lipinski definition) is 2. The number of unbranched alkanes of at least 4 members (excludes halogenated alkanes) is 4. The molecule has 4 rings (SSSR count). The summed E-state index contributed by atoms with van der Waals surface area (Å²) >= 11 is 0. The van der Waals surface area contributed by atoms with E-state index >= 15 is 0 Å². The second-order valence-corrected chi connectivity index (χ2v) is 11.1. The third kappa shape index (κ3) is 5.94. The minimum atomic E-state index is 0.105. The Labute approximate surface area is 202 Å². The van der Waals surface area contributed by atoms with E-state index in [0.29, 0.717) is 0 Å². The normalized spacial score (nSPS) is 23.4. The van der Waals surface area contributed by atoms with Crippen LogP contribution in [0, 0.1) is 17.8 Å². The fourth-order valence-electron chi connectivity index (χ4n) is 6.94. The van der Waals surface area contributed by atoms with Crippen molar-refractivity contribution in [1.82, 2.24) is 0 Å². The Morgan fingerprint density at radius 3 is 1.64 bits per heavy atom. The van der Waals surface area contributed by atoms with Gasteiger partial charge in [-0.15, -0.1) is 0 Å². The first-order chi connectivity index (χ1) is 16.1. The first-order valence-corrected chi connectivity index (χ1v) is 13.8. The number of anilines is 2. The lowest BCUT2D eigenvalue weighted by molar-refractivity contribution is 0.140. The summed E-state index contributed by atoms with van der Waals surface area (Å²) in [5.74, 6) is 2.87. The molecule has 180 valence electrons. The Balaban J connectivity index is 1.35. The van der Waals surface area contributed by atoms with Crippen LogP contribution in [-0.4, -0.2) is 0 Å². The van der Waals surface area contributed by atoms with E-state index in [9.17, 15) is 0 Å². The van der Waals surface area contributed by atoms with E-state index in [4.69, 9.17) is 11.5 Å². The summed E-state index contributed by atoms with van der Waals surface area (Å²) in [7, 11) is 0. The lowest BCUT2D eigenvalue weighted by Gasteiger charge is -2.44. The number of nitrogen functional groups attached to an aromatic ring is 2. The largest absolute Gasteiger partial charge is 0.399 e. The molecule has 0 unspecified atom stereocenters. The first kappa shape index (κ1) is 24.2. The summed E-state index contributed by atoms with van der Waals surface area (Å²) in [5.41, 5.74) is 16.7. The van der Waals surface area contributed by atoms with Gasteiger partial charge in [-0.25, -0.2) is 0 Å². The van der Waals surface area contributed by atoms with Gasteiger partial charge in [-0.2, -0.15) is 0 Å². The molecule has 0 saturated heterocycles. The molecular formula is C31H46N2. The predicted octanol–water partition coefficient (Wildman–Crippen LogP) is 8.49. The van der Waals surface area contributed by atoms with Crippen LogP contribution in [0.3, 0.4) is 0 Å². The van der Waals surface area contributed by atoms with Crippen molar-refractivity contribution in [1.29, 1.82) is 0 Å². The van der Waals surface area contributed by atoms with Crippen molar-refractivity contribution in [3.8, 4) is 0 Å². The molecule has 2 fully saturated rings.